The minimum absolute atomic E-state index is 0.0812. The van der Waals surface area contributed by atoms with Crippen LogP contribution in [0, 0.1) is 5.92 Å². The Hall–Kier alpha value is -1.36. The van der Waals surface area contributed by atoms with Crippen molar-refractivity contribution in [1.29, 1.82) is 0 Å². The summed E-state index contributed by atoms with van der Waals surface area (Å²) in [5, 5.41) is 17.7. The number of carbonyl (C=O) groups excluding carboxylic acids is 1. The standard InChI is InChI=1S/C16H27N3O2/c1-4-6-10-19-14(5-2)13(11-17-19)18-15(20)16(3,21)12-8-7-9-12/h11-12,21H,4-10H2,1-3H3,(H,18,20)/t16-/m0/s1. The minimum atomic E-state index is -1.28. The number of unbranched alkanes of at least 4 members (excludes halogenated alkanes) is 1. The molecule has 0 spiro atoms. The maximum absolute atomic E-state index is 12.4. The van der Waals surface area contributed by atoms with Crippen LogP contribution in [0.15, 0.2) is 6.20 Å². The predicted octanol–water partition coefficient (Wildman–Crippen LogP) is 2.74. The molecule has 21 heavy (non-hydrogen) atoms. The molecule has 0 aliphatic heterocycles. The SMILES string of the molecule is CCCCn1ncc(NC(=O)[C@@](C)(O)C2CCC2)c1CC. The molecule has 118 valence electrons. The van der Waals surface area contributed by atoms with Gasteiger partial charge in [-0.15, -0.1) is 0 Å². The topological polar surface area (TPSA) is 67.2 Å². The van der Waals surface area contributed by atoms with Crippen LogP contribution < -0.4 is 5.32 Å². The minimum Gasteiger partial charge on any atom is -0.380 e. The fourth-order valence-corrected chi connectivity index (χ4v) is 2.79. The van der Waals surface area contributed by atoms with Gasteiger partial charge in [-0.1, -0.05) is 26.7 Å². The van der Waals surface area contributed by atoms with Crippen LogP contribution in [0.2, 0.25) is 0 Å². The van der Waals surface area contributed by atoms with E-state index in [2.05, 4.69) is 24.3 Å². The average molecular weight is 293 g/mol. The molecule has 2 rings (SSSR count). The lowest BCUT2D eigenvalue weighted by Crippen LogP contribution is -2.49. The zero-order chi connectivity index (χ0) is 15.5. The first-order chi connectivity index (χ1) is 10.0. The van der Waals surface area contributed by atoms with E-state index in [4.69, 9.17) is 0 Å². The molecule has 5 nitrogen and oxygen atoms in total. The molecule has 5 heteroatoms. The lowest BCUT2D eigenvalue weighted by molar-refractivity contribution is -0.141. The van der Waals surface area contributed by atoms with Crippen molar-refractivity contribution in [3.05, 3.63) is 11.9 Å². The summed E-state index contributed by atoms with van der Waals surface area (Å²) in [7, 11) is 0. The Balaban J connectivity index is 2.08. The highest BCUT2D eigenvalue weighted by atomic mass is 16.3. The van der Waals surface area contributed by atoms with E-state index in [9.17, 15) is 9.90 Å². The largest absolute Gasteiger partial charge is 0.380 e. The summed E-state index contributed by atoms with van der Waals surface area (Å²) in [6, 6.07) is 0. The van der Waals surface area contributed by atoms with E-state index >= 15 is 0 Å². The third-order valence-electron chi connectivity index (χ3n) is 4.62. The van der Waals surface area contributed by atoms with Gasteiger partial charge in [0, 0.05) is 6.54 Å². The third kappa shape index (κ3) is 3.28. The van der Waals surface area contributed by atoms with Crippen molar-refractivity contribution >= 4 is 11.6 Å². The van der Waals surface area contributed by atoms with Crippen LogP contribution >= 0.6 is 0 Å². The highest BCUT2D eigenvalue weighted by Gasteiger charge is 2.42. The van der Waals surface area contributed by atoms with Crippen LogP contribution in [-0.2, 0) is 17.8 Å². The first-order valence-electron chi connectivity index (χ1n) is 8.09. The normalized spacial score (nSPS) is 18.1. The molecule has 1 atom stereocenters. The predicted molar refractivity (Wildman–Crippen MR) is 83.1 cm³/mol. The molecule has 1 saturated carbocycles. The van der Waals surface area contributed by atoms with E-state index in [-0.39, 0.29) is 11.8 Å². The van der Waals surface area contributed by atoms with Gasteiger partial charge in [-0.05, 0) is 38.5 Å². The molecule has 0 bridgehead atoms. The fourth-order valence-electron chi connectivity index (χ4n) is 2.79. The smallest absolute Gasteiger partial charge is 0.256 e. The highest BCUT2D eigenvalue weighted by Crippen LogP contribution is 2.36. The van der Waals surface area contributed by atoms with E-state index in [1.54, 1.807) is 13.1 Å². The van der Waals surface area contributed by atoms with Crippen molar-refractivity contribution in [3.8, 4) is 0 Å². The Morgan fingerprint density at radius 3 is 2.76 bits per heavy atom. The van der Waals surface area contributed by atoms with E-state index in [0.29, 0.717) is 0 Å². The molecule has 1 heterocycles. The molecule has 0 radical (unpaired) electrons. The second-order valence-corrected chi connectivity index (χ2v) is 6.16. The van der Waals surface area contributed by atoms with Crippen LogP contribution in [-0.4, -0.2) is 26.4 Å². The number of aliphatic hydroxyl groups is 1. The van der Waals surface area contributed by atoms with Gasteiger partial charge in [-0.3, -0.25) is 9.48 Å². The number of hydrogen-bond donors (Lipinski definition) is 2. The summed E-state index contributed by atoms with van der Waals surface area (Å²) in [5.74, 6) is -0.227. The first-order valence-corrected chi connectivity index (χ1v) is 8.09. The van der Waals surface area contributed by atoms with Gasteiger partial charge in [0.05, 0.1) is 17.6 Å². The molecule has 0 unspecified atom stereocenters. The van der Waals surface area contributed by atoms with Crippen molar-refractivity contribution in [2.75, 3.05) is 5.32 Å². The number of nitrogens with one attached hydrogen (secondary N) is 1. The van der Waals surface area contributed by atoms with Gasteiger partial charge in [0.15, 0.2) is 0 Å². The lowest BCUT2D eigenvalue weighted by Gasteiger charge is -2.37. The number of amides is 1. The van der Waals surface area contributed by atoms with Crippen LogP contribution in [0.1, 0.15) is 58.6 Å². The number of anilines is 1. The molecule has 0 aromatic carbocycles. The van der Waals surface area contributed by atoms with Gasteiger partial charge in [-0.2, -0.15) is 5.10 Å². The second kappa shape index (κ2) is 6.60. The lowest BCUT2D eigenvalue weighted by atomic mass is 9.73. The summed E-state index contributed by atoms with van der Waals surface area (Å²) >= 11 is 0. The zero-order valence-corrected chi connectivity index (χ0v) is 13.4. The van der Waals surface area contributed by atoms with E-state index in [0.717, 1.165) is 56.5 Å². The van der Waals surface area contributed by atoms with Gasteiger partial charge in [0.1, 0.15) is 5.60 Å². The molecule has 0 saturated heterocycles. The highest BCUT2D eigenvalue weighted by molar-refractivity contribution is 5.97. The van der Waals surface area contributed by atoms with Crippen LogP contribution in [0.25, 0.3) is 0 Å². The maximum Gasteiger partial charge on any atom is 0.256 e. The van der Waals surface area contributed by atoms with Gasteiger partial charge in [0.25, 0.3) is 5.91 Å². The van der Waals surface area contributed by atoms with Crippen LogP contribution in [0.3, 0.4) is 0 Å². The van der Waals surface area contributed by atoms with Crippen LogP contribution in [0.5, 0.6) is 0 Å². The average Bonchev–Trinajstić information content (AvgIpc) is 2.75. The van der Waals surface area contributed by atoms with Crippen molar-refractivity contribution in [2.45, 2.75) is 71.4 Å². The first kappa shape index (κ1) is 16.0. The fraction of sp³-hybridized carbons (Fsp3) is 0.750. The summed E-state index contributed by atoms with van der Waals surface area (Å²) < 4.78 is 1.96. The van der Waals surface area contributed by atoms with Crippen molar-refractivity contribution in [3.63, 3.8) is 0 Å². The number of aromatic nitrogens is 2. The van der Waals surface area contributed by atoms with Gasteiger partial charge in [0.2, 0.25) is 0 Å². The van der Waals surface area contributed by atoms with Crippen LogP contribution in [0.4, 0.5) is 5.69 Å². The zero-order valence-electron chi connectivity index (χ0n) is 13.4. The molecule has 1 fully saturated rings. The van der Waals surface area contributed by atoms with Gasteiger partial charge >= 0.3 is 0 Å². The number of rotatable bonds is 7. The Kier molecular flexibility index (Phi) is 5.04. The quantitative estimate of drug-likeness (QED) is 0.812. The molecule has 1 aliphatic carbocycles. The third-order valence-corrected chi connectivity index (χ3v) is 4.62. The van der Waals surface area contributed by atoms with Gasteiger partial charge < -0.3 is 10.4 Å². The van der Waals surface area contributed by atoms with Crippen molar-refractivity contribution in [1.82, 2.24) is 9.78 Å². The number of aryl methyl sites for hydroxylation is 1. The van der Waals surface area contributed by atoms with Crippen molar-refractivity contribution < 1.29 is 9.90 Å². The monoisotopic (exact) mass is 293 g/mol. The van der Waals surface area contributed by atoms with E-state index < -0.39 is 5.60 Å². The summed E-state index contributed by atoms with van der Waals surface area (Å²) in [5.41, 5.74) is 0.480. The molecular formula is C16H27N3O2. The molecule has 2 N–H and O–H groups in total. The molecule has 1 amide bonds. The van der Waals surface area contributed by atoms with Crippen molar-refractivity contribution in [2.24, 2.45) is 5.92 Å². The molecule has 1 aromatic heterocycles. The number of carbonyl (C=O) groups is 1. The van der Waals surface area contributed by atoms with Gasteiger partial charge in [-0.25, -0.2) is 0 Å². The maximum atomic E-state index is 12.4. The summed E-state index contributed by atoms with van der Waals surface area (Å²) in [6.07, 6.45) is 7.65. The Morgan fingerprint density at radius 1 is 1.52 bits per heavy atom. The summed E-state index contributed by atoms with van der Waals surface area (Å²) in [4.78, 5) is 12.4. The van der Waals surface area contributed by atoms with E-state index in [1.807, 2.05) is 4.68 Å². The van der Waals surface area contributed by atoms with E-state index in [1.165, 1.54) is 0 Å². The number of hydrogen-bond acceptors (Lipinski definition) is 3. The molecule has 1 aliphatic rings. The Labute approximate surface area is 126 Å². The Bertz CT molecular complexity index is 490. The molecular weight excluding hydrogens is 266 g/mol. The second-order valence-electron chi connectivity index (χ2n) is 6.16. The molecule has 1 aromatic rings. The summed E-state index contributed by atoms with van der Waals surface area (Å²) in [6.45, 7) is 6.70. The Morgan fingerprint density at radius 2 is 2.24 bits per heavy atom. The number of nitrogens with zero attached hydrogens (tertiary/aromatic N) is 2.